The van der Waals surface area contributed by atoms with Gasteiger partial charge in [-0.05, 0) is 42.9 Å². The fourth-order valence-electron chi connectivity index (χ4n) is 1.90. The Labute approximate surface area is 136 Å². The lowest BCUT2D eigenvalue weighted by Gasteiger charge is -2.14. The van der Waals surface area contributed by atoms with E-state index in [9.17, 15) is 0 Å². The predicted molar refractivity (Wildman–Crippen MR) is 95.1 cm³/mol. The molecule has 0 aliphatic carbocycles. The maximum Gasteiger partial charge on any atom is 0.170 e. The lowest BCUT2D eigenvalue weighted by atomic mass is 10.2. The molecule has 4 N–H and O–H groups in total. The van der Waals surface area contributed by atoms with Crippen LogP contribution in [0.3, 0.4) is 0 Å². The molecule has 0 atom stereocenters. The molecule has 0 aliphatic heterocycles. The van der Waals surface area contributed by atoms with Gasteiger partial charge in [0.1, 0.15) is 12.4 Å². The van der Waals surface area contributed by atoms with E-state index in [4.69, 9.17) is 22.7 Å². The van der Waals surface area contributed by atoms with Crippen molar-refractivity contribution in [1.29, 1.82) is 0 Å². The summed E-state index contributed by atoms with van der Waals surface area (Å²) in [5.41, 5.74) is 7.44. The first-order valence-corrected chi connectivity index (χ1v) is 7.71. The molecule has 22 heavy (non-hydrogen) atoms. The molecule has 0 fully saturated rings. The van der Waals surface area contributed by atoms with Crippen LogP contribution in [0.25, 0.3) is 0 Å². The number of benzene rings is 2. The number of hydrogen-bond acceptors (Lipinski definition) is 3. The molecule has 116 valence electrons. The van der Waals surface area contributed by atoms with E-state index in [0.717, 1.165) is 30.0 Å². The standard InChI is InChI=1S/C17H21N3OS/c18-11-6-12-19-17(22)20-15-9-4-5-10-16(15)21-13-14-7-2-1-3-8-14/h1-5,7-10H,6,11-13,18H2,(H2,19,20,22). The third-order valence-corrected chi connectivity index (χ3v) is 3.29. The quantitative estimate of drug-likeness (QED) is 0.542. The summed E-state index contributed by atoms with van der Waals surface area (Å²) >= 11 is 5.27. The number of anilines is 1. The van der Waals surface area contributed by atoms with Crippen LogP contribution in [-0.4, -0.2) is 18.2 Å². The number of hydrogen-bond donors (Lipinski definition) is 3. The van der Waals surface area contributed by atoms with E-state index in [1.807, 2.05) is 54.6 Å². The van der Waals surface area contributed by atoms with E-state index in [1.165, 1.54) is 0 Å². The zero-order chi connectivity index (χ0) is 15.6. The first-order chi connectivity index (χ1) is 10.8. The summed E-state index contributed by atoms with van der Waals surface area (Å²) in [4.78, 5) is 0. The molecule has 0 saturated carbocycles. The van der Waals surface area contributed by atoms with E-state index in [0.29, 0.717) is 18.3 Å². The zero-order valence-electron chi connectivity index (χ0n) is 12.4. The van der Waals surface area contributed by atoms with Crippen LogP contribution >= 0.6 is 12.2 Å². The van der Waals surface area contributed by atoms with Crippen molar-refractivity contribution in [3.8, 4) is 5.75 Å². The Hall–Kier alpha value is -2.11. The van der Waals surface area contributed by atoms with Crippen LogP contribution in [0.5, 0.6) is 5.75 Å². The van der Waals surface area contributed by atoms with Crippen LogP contribution < -0.4 is 21.1 Å². The van der Waals surface area contributed by atoms with Crippen LogP contribution in [0.1, 0.15) is 12.0 Å². The maximum absolute atomic E-state index is 5.88. The highest BCUT2D eigenvalue weighted by Gasteiger charge is 2.05. The monoisotopic (exact) mass is 315 g/mol. The van der Waals surface area contributed by atoms with Crippen LogP contribution in [0.4, 0.5) is 5.69 Å². The van der Waals surface area contributed by atoms with Gasteiger partial charge < -0.3 is 21.1 Å². The number of ether oxygens (including phenoxy) is 1. The number of rotatable bonds is 7. The van der Waals surface area contributed by atoms with Crippen molar-refractivity contribution in [1.82, 2.24) is 5.32 Å². The van der Waals surface area contributed by atoms with Gasteiger partial charge in [0, 0.05) is 6.54 Å². The third-order valence-electron chi connectivity index (χ3n) is 3.04. The Balaban J connectivity index is 1.93. The van der Waals surface area contributed by atoms with Gasteiger partial charge in [-0.15, -0.1) is 0 Å². The van der Waals surface area contributed by atoms with Crippen LogP contribution in [0.2, 0.25) is 0 Å². The van der Waals surface area contributed by atoms with Crippen molar-refractivity contribution in [3.63, 3.8) is 0 Å². The maximum atomic E-state index is 5.88. The van der Waals surface area contributed by atoms with Gasteiger partial charge in [0.15, 0.2) is 5.11 Å². The molecule has 0 aliphatic rings. The van der Waals surface area contributed by atoms with Gasteiger partial charge in [0.25, 0.3) is 0 Å². The lowest BCUT2D eigenvalue weighted by Crippen LogP contribution is -2.30. The Kier molecular flexibility index (Phi) is 6.67. The fourth-order valence-corrected chi connectivity index (χ4v) is 2.11. The highest BCUT2D eigenvalue weighted by atomic mass is 32.1. The van der Waals surface area contributed by atoms with Crippen molar-refractivity contribution < 1.29 is 4.74 Å². The van der Waals surface area contributed by atoms with Crippen molar-refractivity contribution >= 4 is 23.0 Å². The molecule has 0 aromatic heterocycles. The minimum absolute atomic E-state index is 0.521. The Morgan fingerprint density at radius 2 is 1.77 bits per heavy atom. The summed E-state index contributed by atoms with van der Waals surface area (Å²) in [7, 11) is 0. The first kappa shape index (κ1) is 16.3. The molecule has 4 nitrogen and oxygen atoms in total. The summed E-state index contributed by atoms with van der Waals surface area (Å²) in [6, 6.07) is 17.8. The average Bonchev–Trinajstić information content (AvgIpc) is 2.55. The van der Waals surface area contributed by atoms with Crippen molar-refractivity contribution in [2.24, 2.45) is 5.73 Å². The van der Waals surface area contributed by atoms with Gasteiger partial charge in [-0.1, -0.05) is 42.5 Å². The molecular weight excluding hydrogens is 294 g/mol. The number of para-hydroxylation sites is 2. The normalized spacial score (nSPS) is 10.0. The summed E-state index contributed by atoms with van der Waals surface area (Å²) in [5.74, 6) is 0.773. The minimum atomic E-state index is 0.521. The molecule has 2 aromatic rings. The number of nitrogens with one attached hydrogen (secondary N) is 2. The predicted octanol–water partition coefficient (Wildman–Crippen LogP) is 2.90. The van der Waals surface area contributed by atoms with E-state index in [1.54, 1.807) is 0 Å². The molecular formula is C17H21N3OS. The second-order valence-corrected chi connectivity index (χ2v) is 5.20. The van der Waals surface area contributed by atoms with Crippen molar-refractivity contribution in [2.75, 3.05) is 18.4 Å². The van der Waals surface area contributed by atoms with Gasteiger partial charge >= 0.3 is 0 Å². The lowest BCUT2D eigenvalue weighted by molar-refractivity contribution is 0.308. The molecule has 0 heterocycles. The van der Waals surface area contributed by atoms with Gasteiger partial charge in [-0.25, -0.2) is 0 Å². The molecule has 0 bridgehead atoms. The SMILES string of the molecule is NCCCNC(=S)Nc1ccccc1OCc1ccccc1. The molecule has 0 unspecified atom stereocenters. The largest absolute Gasteiger partial charge is 0.487 e. The highest BCUT2D eigenvalue weighted by Crippen LogP contribution is 2.24. The zero-order valence-corrected chi connectivity index (χ0v) is 13.2. The molecule has 2 rings (SSSR count). The molecule has 2 aromatic carbocycles. The van der Waals surface area contributed by atoms with E-state index in [-0.39, 0.29) is 0 Å². The molecule has 0 saturated heterocycles. The molecule has 0 radical (unpaired) electrons. The summed E-state index contributed by atoms with van der Waals surface area (Å²) in [5, 5.41) is 6.85. The van der Waals surface area contributed by atoms with E-state index < -0.39 is 0 Å². The van der Waals surface area contributed by atoms with E-state index in [2.05, 4.69) is 10.6 Å². The van der Waals surface area contributed by atoms with Crippen LogP contribution in [0, 0.1) is 0 Å². The summed E-state index contributed by atoms with van der Waals surface area (Å²) in [6.07, 6.45) is 0.883. The van der Waals surface area contributed by atoms with Gasteiger partial charge in [-0.2, -0.15) is 0 Å². The van der Waals surface area contributed by atoms with Crippen molar-refractivity contribution in [3.05, 3.63) is 60.2 Å². The summed E-state index contributed by atoms with van der Waals surface area (Å²) in [6.45, 7) is 1.93. The minimum Gasteiger partial charge on any atom is -0.487 e. The van der Waals surface area contributed by atoms with Gasteiger partial charge in [0.05, 0.1) is 5.69 Å². The van der Waals surface area contributed by atoms with Gasteiger partial charge in [-0.3, -0.25) is 0 Å². The van der Waals surface area contributed by atoms with Crippen molar-refractivity contribution in [2.45, 2.75) is 13.0 Å². The Bertz CT molecular complexity index is 589. The summed E-state index contributed by atoms with van der Waals surface area (Å²) < 4.78 is 5.88. The number of thiocarbonyl (C=S) groups is 1. The average molecular weight is 315 g/mol. The molecule has 0 spiro atoms. The fraction of sp³-hybridized carbons (Fsp3) is 0.235. The number of nitrogens with two attached hydrogens (primary N) is 1. The molecule has 5 heteroatoms. The van der Waals surface area contributed by atoms with Crippen LogP contribution in [0.15, 0.2) is 54.6 Å². The second-order valence-electron chi connectivity index (χ2n) is 4.79. The second kappa shape index (κ2) is 9.02. The van der Waals surface area contributed by atoms with E-state index >= 15 is 0 Å². The Morgan fingerprint density at radius 3 is 2.55 bits per heavy atom. The Morgan fingerprint density at radius 1 is 1.05 bits per heavy atom. The van der Waals surface area contributed by atoms with Gasteiger partial charge in [0.2, 0.25) is 0 Å². The molecule has 0 amide bonds. The highest BCUT2D eigenvalue weighted by molar-refractivity contribution is 7.80. The smallest absolute Gasteiger partial charge is 0.170 e. The first-order valence-electron chi connectivity index (χ1n) is 7.30. The van der Waals surface area contributed by atoms with Crippen LogP contribution in [-0.2, 0) is 6.61 Å². The third kappa shape index (κ3) is 5.35. The topological polar surface area (TPSA) is 59.3 Å².